The molecule has 0 aliphatic heterocycles. The van der Waals surface area contributed by atoms with Crippen molar-refractivity contribution in [3.63, 3.8) is 0 Å². The Morgan fingerprint density at radius 1 is 1.50 bits per heavy atom. The van der Waals surface area contributed by atoms with E-state index in [9.17, 15) is 4.79 Å². The summed E-state index contributed by atoms with van der Waals surface area (Å²) in [4.78, 5) is 20.5. The molecule has 0 aromatic carbocycles. The number of nitrogens with one attached hydrogen (secondary N) is 1. The number of carbonyl (C=O) groups is 1. The van der Waals surface area contributed by atoms with E-state index in [0.717, 1.165) is 17.8 Å². The Labute approximate surface area is 93.0 Å². The number of hydrogen-bond acceptors (Lipinski definition) is 4. The number of imidazole rings is 1. The van der Waals surface area contributed by atoms with E-state index < -0.39 is 5.97 Å². The van der Waals surface area contributed by atoms with Crippen LogP contribution in [0.5, 0.6) is 0 Å². The third kappa shape index (κ3) is 1.90. The standard InChI is InChI=1S/C11H13N3O2/c1-3-9-7-14-6-8(11(15)16-12-2)4-5-10(14)13-9/h4-7,12H,3H2,1-2H3. The SMILES string of the molecule is CCc1cn2cc(C(=O)ONC)ccc2n1. The molecule has 84 valence electrons. The van der Waals surface area contributed by atoms with Gasteiger partial charge in [-0.05, 0) is 18.6 Å². The van der Waals surface area contributed by atoms with Crippen LogP contribution in [0.25, 0.3) is 5.65 Å². The van der Waals surface area contributed by atoms with Gasteiger partial charge in [-0.25, -0.2) is 9.78 Å². The van der Waals surface area contributed by atoms with Gasteiger partial charge in [0.2, 0.25) is 0 Å². The fourth-order valence-corrected chi connectivity index (χ4v) is 1.49. The first kappa shape index (κ1) is 10.6. The van der Waals surface area contributed by atoms with Gasteiger partial charge in [-0.15, -0.1) is 0 Å². The number of hydrogen-bond donors (Lipinski definition) is 1. The summed E-state index contributed by atoms with van der Waals surface area (Å²) < 4.78 is 1.82. The maximum absolute atomic E-state index is 11.4. The second-order valence-electron chi connectivity index (χ2n) is 3.36. The van der Waals surface area contributed by atoms with Gasteiger partial charge in [-0.3, -0.25) is 0 Å². The quantitative estimate of drug-likeness (QED) is 0.788. The van der Waals surface area contributed by atoms with E-state index in [0.29, 0.717) is 5.56 Å². The Kier molecular flexibility index (Phi) is 2.87. The summed E-state index contributed by atoms with van der Waals surface area (Å²) in [6, 6.07) is 3.49. The zero-order valence-corrected chi connectivity index (χ0v) is 9.23. The highest BCUT2D eigenvalue weighted by molar-refractivity contribution is 5.89. The van der Waals surface area contributed by atoms with Crippen LogP contribution in [-0.4, -0.2) is 22.4 Å². The monoisotopic (exact) mass is 219 g/mol. The normalized spacial score (nSPS) is 10.6. The summed E-state index contributed by atoms with van der Waals surface area (Å²) in [7, 11) is 1.54. The summed E-state index contributed by atoms with van der Waals surface area (Å²) in [6.07, 6.45) is 4.49. The summed E-state index contributed by atoms with van der Waals surface area (Å²) in [5.74, 6) is -0.406. The van der Waals surface area contributed by atoms with E-state index in [2.05, 4.69) is 15.3 Å². The van der Waals surface area contributed by atoms with Crippen molar-refractivity contribution in [3.05, 3.63) is 35.8 Å². The van der Waals surface area contributed by atoms with Gasteiger partial charge >= 0.3 is 5.97 Å². The highest BCUT2D eigenvalue weighted by Gasteiger charge is 2.08. The molecule has 16 heavy (non-hydrogen) atoms. The first-order valence-electron chi connectivity index (χ1n) is 5.10. The number of pyridine rings is 1. The maximum atomic E-state index is 11.4. The first-order chi connectivity index (χ1) is 7.74. The Morgan fingerprint density at radius 2 is 2.31 bits per heavy atom. The topological polar surface area (TPSA) is 55.6 Å². The van der Waals surface area contributed by atoms with Gasteiger partial charge in [0.1, 0.15) is 5.65 Å². The molecule has 2 aromatic heterocycles. The molecule has 2 aromatic rings. The van der Waals surface area contributed by atoms with Gasteiger partial charge < -0.3 is 9.24 Å². The van der Waals surface area contributed by atoms with Crippen LogP contribution in [-0.2, 0) is 11.3 Å². The molecule has 2 heterocycles. The van der Waals surface area contributed by atoms with Crippen LogP contribution < -0.4 is 5.48 Å². The number of nitrogens with zero attached hydrogens (tertiary/aromatic N) is 2. The summed E-state index contributed by atoms with van der Waals surface area (Å²) in [6.45, 7) is 2.04. The molecule has 0 atom stereocenters. The fourth-order valence-electron chi connectivity index (χ4n) is 1.49. The average Bonchev–Trinajstić information content (AvgIpc) is 2.70. The van der Waals surface area contributed by atoms with Crippen molar-refractivity contribution in [1.29, 1.82) is 0 Å². The average molecular weight is 219 g/mol. The molecule has 1 N–H and O–H groups in total. The Bertz CT molecular complexity index is 519. The summed E-state index contributed by atoms with van der Waals surface area (Å²) in [5, 5.41) is 0. The molecule has 5 nitrogen and oxygen atoms in total. The number of aryl methyl sites for hydroxylation is 1. The lowest BCUT2D eigenvalue weighted by atomic mass is 10.3. The van der Waals surface area contributed by atoms with Crippen molar-refractivity contribution in [2.24, 2.45) is 0 Å². The molecule has 2 rings (SSSR count). The van der Waals surface area contributed by atoms with Crippen LogP contribution in [0, 0.1) is 0 Å². The first-order valence-corrected chi connectivity index (χ1v) is 5.10. The third-order valence-electron chi connectivity index (χ3n) is 2.29. The lowest BCUT2D eigenvalue weighted by Crippen LogP contribution is -2.15. The minimum absolute atomic E-state index is 0.406. The van der Waals surface area contributed by atoms with E-state index in [1.165, 1.54) is 0 Å². The molecule has 0 amide bonds. The van der Waals surface area contributed by atoms with Crippen LogP contribution in [0.1, 0.15) is 23.0 Å². The van der Waals surface area contributed by atoms with Crippen LogP contribution in [0.4, 0.5) is 0 Å². The van der Waals surface area contributed by atoms with E-state index >= 15 is 0 Å². The minimum atomic E-state index is -0.406. The lowest BCUT2D eigenvalue weighted by Gasteiger charge is -2.01. The largest absolute Gasteiger partial charge is 0.367 e. The second-order valence-corrected chi connectivity index (χ2v) is 3.36. The van der Waals surface area contributed by atoms with E-state index in [-0.39, 0.29) is 0 Å². The van der Waals surface area contributed by atoms with E-state index in [4.69, 9.17) is 0 Å². The van der Waals surface area contributed by atoms with Gasteiger partial charge in [-0.2, -0.15) is 5.48 Å². The molecule has 0 aliphatic carbocycles. The van der Waals surface area contributed by atoms with E-state index in [1.807, 2.05) is 17.5 Å². The predicted molar refractivity (Wildman–Crippen MR) is 59.0 cm³/mol. The lowest BCUT2D eigenvalue weighted by molar-refractivity contribution is 0.0309. The molecule has 0 radical (unpaired) electrons. The third-order valence-corrected chi connectivity index (χ3v) is 2.29. The van der Waals surface area contributed by atoms with Crippen molar-refractivity contribution in [2.45, 2.75) is 13.3 Å². The molecular formula is C11H13N3O2. The maximum Gasteiger partial charge on any atom is 0.358 e. The van der Waals surface area contributed by atoms with Crippen molar-refractivity contribution >= 4 is 11.6 Å². The van der Waals surface area contributed by atoms with Gasteiger partial charge in [0.15, 0.2) is 0 Å². The van der Waals surface area contributed by atoms with Crippen molar-refractivity contribution < 1.29 is 9.63 Å². The van der Waals surface area contributed by atoms with Crippen molar-refractivity contribution in [2.75, 3.05) is 7.05 Å². The van der Waals surface area contributed by atoms with Crippen molar-refractivity contribution in [3.8, 4) is 0 Å². The summed E-state index contributed by atoms with van der Waals surface area (Å²) >= 11 is 0. The number of carbonyl (C=O) groups excluding carboxylic acids is 1. The molecule has 0 spiro atoms. The van der Waals surface area contributed by atoms with E-state index in [1.54, 1.807) is 25.4 Å². The highest BCUT2D eigenvalue weighted by Crippen LogP contribution is 2.09. The molecule has 0 aliphatic rings. The van der Waals surface area contributed by atoms with Crippen LogP contribution >= 0.6 is 0 Å². The number of hydroxylamine groups is 1. The molecule has 0 saturated heterocycles. The Morgan fingerprint density at radius 3 is 3.00 bits per heavy atom. The van der Waals surface area contributed by atoms with Gasteiger partial charge in [-0.1, -0.05) is 6.92 Å². The molecule has 0 saturated carbocycles. The minimum Gasteiger partial charge on any atom is -0.367 e. The summed E-state index contributed by atoms with van der Waals surface area (Å²) in [5.41, 5.74) is 4.67. The number of rotatable bonds is 3. The Balaban J connectivity index is 2.39. The molecule has 0 bridgehead atoms. The number of fused-ring (bicyclic) bond motifs is 1. The molecular weight excluding hydrogens is 206 g/mol. The predicted octanol–water partition coefficient (Wildman–Crippen LogP) is 1.19. The molecule has 0 unspecified atom stereocenters. The zero-order chi connectivity index (χ0) is 11.5. The fraction of sp³-hybridized carbons (Fsp3) is 0.273. The van der Waals surface area contributed by atoms with Gasteiger partial charge in [0, 0.05) is 19.4 Å². The molecule has 0 fully saturated rings. The van der Waals surface area contributed by atoms with Crippen molar-refractivity contribution in [1.82, 2.24) is 14.9 Å². The van der Waals surface area contributed by atoms with Gasteiger partial charge in [0.25, 0.3) is 0 Å². The Hall–Kier alpha value is -1.88. The van der Waals surface area contributed by atoms with Crippen LogP contribution in [0.15, 0.2) is 24.5 Å². The van der Waals surface area contributed by atoms with Gasteiger partial charge in [0.05, 0.1) is 11.3 Å². The highest BCUT2D eigenvalue weighted by atomic mass is 16.7. The smallest absolute Gasteiger partial charge is 0.358 e. The molecule has 5 heteroatoms. The van der Waals surface area contributed by atoms with Crippen LogP contribution in [0.3, 0.4) is 0 Å². The zero-order valence-electron chi connectivity index (χ0n) is 9.23. The van der Waals surface area contributed by atoms with Crippen LogP contribution in [0.2, 0.25) is 0 Å². The number of aromatic nitrogens is 2. The second kappa shape index (κ2) is 4.32.